The van der Waals surface area contributed by atoms with Gasteiger partial charge in [-0.15, -0.1) is 0 Å². The fourth-order valence-electron chi connectivity index (χ4n) is 2.17. The van der Waals surface area contributed by atoms with Crippen molar-refractivity contribution < 1.29 is 9.72 Å². The monoisotopic (exact) mass is 274 g/mol. The molecule has 7 nitrogen and oxygen atoms in total. The third-order valence-electron chi connectivity index (χ3n) is 3.20. The summed E-state index contributed by atoms with van der Waals surface area (Å²) < 4.78 is 0. The molecule has 104 valence electrons. The zero-order chi connectivity index (χ0) is 14.5. The molecule has 1 aliphatic heterocycles. The van der Waals surface area contributed by atoms with Gasteiger partial charge in [0.05, 0.1) is 16.9 Å². The van der Waals surface area contributed by atoms with Crippen LogP contribution in [0.2, 0.25) is 0 Å². The first-order chi connectivity index (χ1) is 9.60. The molecule has 0 saturated carbocycles. The summed E-state index contributed by atoms with van der Waals surface area (Å²) in [6.07, 6.45) is 1.59. The molecule has 2 rings (SSSR count). The summed E-state index contributed by atoms with van der Waals surface area (Å²) in [5.41, 5.74) is 0.305. The van der Waals surface area contributed by atoms with Gasteiger partial charge in [-0.25, -0.2) is 4.79 Å². The Kier molecular flexibility index (Phi) is 4.15. The first-order valence-corrected chi connectivity index (χ1v) is 6.30. The fourth-order valence-corrected chi connectivity index (χ4v) is 2.17. The topological polar surface area (TPSA) is 99.3 Å². The number of nitro groups is 1. The average molecular weight is 274 g/mol. The predicted molar refractivity (Wildman–Crippen MR) is 72.0 cm³/mol. The average Bonchev–Trinajstić information content (AvgIpc) is 2.47. The summed E-state index contributed by atoms with van der Waals surface area (Å²) in [4.78, 5) is 23.8. The number of anilines is 1. The second-order valence-corrected chi connectivity index (χ2v) is 4.65. The number of hydrogen-bond acceptors (Lipinski definition) is 4. The molecule has 0 bridgehead atoms. The molecule has 1 unspecified atom stereocenters. The van der Waals surface area contributed by atoms with Gasteiger partial charge in [-0.3, -0.25) is 10.1 Å². The number of amides is 2. The molecular weight excluding hydrogens is 260 g/mol. The molecule has 7 heteroatoms. The van der Waals surface area contributed by atoms with E-state index in [0.717, 1.165) is 12.8 Å². The SMILES string of the molecule is N#CC1CCCN(C(=O)Nc2cccc([N+](=O)[O-])c2)C1. The molecule has 1 aliphatic rings. The minimum absolute atomic E-state index is 0.0728. The van der Waals surface area contributed by atoms with Gasteiger partial charge in [-0.2, -0.15) is 5.26 Å². The van der Waals surface area contributed by atoms with Crippen molar-refractivity contribution in [1.29, 1.82) is 5.26 Å². The number of urea groups is 1. The van der Waals surface area contributed by atoms with Gasteiger partial charge in [0, 0.05) is 30.9 Å². The lowest BCUT2D eigenvalue weighted by Crippen LogP contribution is -2.42. The van der Waals surface area contributed by atoms with Crippen LogP contribution >= 0.6 is 0 Å². The Hall–Kier alpha value is -2.62. The summed E-state index contributed by atoms with van der Waals surface area (Å²) in [6, 6.07) is 7.62. The van der Waals surface area contributed by atoms with E-state index in [1.807, 2.05) is 0 Å². The van der Waals surface area contributed by atoms with Crippen molar-refractivity contribution in [3.8, 4) is 6.07 Å². The highest BCUT2D eigenvalue weighted by molar-refractivity contribution is 5.89. The molecule has 1 fully saturated rings. The number of non-ortho nitro benzene ring substituents is 1. The molecule has 1 heterocycles. The van der Waals surface area contributed by atoms with Crippen LogP contribution in [0.4, 0.5) is 16.2 Å². The summed E-state index contributed by atoms with van der Waals surface area (Å²) >= 11 is 0. The van der Waals surface area contributed by atoms with E-state index in [2.05, 4.69) is 11.4 Å². The number of nitrogens with zero attached hydrogens (tertiary/aromatic N) is 3. The number of piperidine rings is 1. The maximum absolute atomic E-state index is 12.0. The van der Waals surface area contributed by atoms with Gasteiger partial charge in [0.1, 0.15) is 0 Å². The summed E-state index contributed by atoms with van der Waals surface area (Å²) in [5.74, 6) is -0.139. The largest absolute Gasteiger partial charge is 0.323 e. The summed E-state index contributed by atoms with van der Waals surface area (Å²) in [5, 5.41) is 22.2. The Morgan fingerprint density at radius 3 is 3.05 bits per heavy atom. The number of carbonyl (C=O) groups excluding carboxylic acids is 1. The standard InChI is InChI=1S/C13H14N4O3/c14-8-10-3-2-6-16(9-10)13(18)15-11-4-1-5-12(7-11)17(19)20/h1,4-5,7,10H,2-3,6,9H2,(H,15,18). The number of nitrogens with one attached hydrogen (secondary N) is 1. The number of benzene rings is 1. The number of likely N-dealkylation sites (tertiary alicyclic amines) is 1. The number of nitro benzene ring substituents is 1. The van der Waals surface area contributed by atoms with Gasteiger partial charge in [0.25, 0.3) is 5.69 Å². The Morgan fingerprint density at radius 2 is 2.35 bits per heavy atom. The van der Waals surface area contributed by atoms with E-state index < -0.39 is 4.92 Å². The van der Waals surface area contributed by atoms with Crippen LogP contribution in [0.1, 0.15) is 12.8 Å². The summed E-state index contributed by atoms with van der Waals surface area (Å²) in [7, 11) is 0. The van der Waals surface area contributed by atoms with Crippen molar-refractivity contribution in [3.05, 3.63) is 34.4 Å². The minimum Gasteiger partial charge on any atom is -0.323 e. The quantitative estimate of drug-likeness (QED) is 0.660. The third-order valence-corrected chi connectivity index (χ3v) is 3.20. The molecule has 1 N–H and O–H groups in total. The Balaban J connectivity index is 2.02. The normalized spacial score (nSPS) is 18.1. The molecule has 1 saturated heterocycles. The highest BCUT2D eigenvalue weighted by Crippen LogP contribution is 2.19. The van der Waals surface area contributed by atoms with E-state index in [9.17, 15) is 14.9 Å². The number of carbonyl (C=O) groups is 1. The van der Waals surface area contributed by atoms with Crippen LogP contribution in [0.5, 0.6) is 0 Å². The Morgan fingerprint density at radius 1 is 1.55 bits per heavy atom. The Labute approximate surface area is 115 Å². The van der Waals surface area contributed by atoms with Gasteiger partial charge in [0.15, 0.2) is 0 Å². The van der Waals surface area contributed by atoms with Crippen LogP contribution in [0.15, 0.2) is 24.3 Å². The molecule has 0 radical (unpaired) electrons. The maximum Gasteiger partial charge on any atom is 0.321 e. The zero-order valence-electron chi connectivity index (χ0n) is 10.8. The lowest BCUT2D eigenvalue weighted by molar-refractivity contribution is -0.384. The first kappa shape index (κ1) is 13.8. The lowest BCUT2D eigenvalue weighted by atomic mass is 10.0. The smallest absolute Gasteiger partial charge is 0.321 e. The molecule has 0 spiro atoms. The van der Waals surface area contributed by atoms with Crippen molar-refractivity contribution in [2.24, 2.45) is 5.92 Å². The van der Waals surface area contributed by atoms with Gasteiger partial charge < -0.3 is 10.2 Å². The van der Waals surface area contributed by atoms with Crippen molar-refractivity contribution in [1.82, 2.24) is 4.90 Å². The predicted octanol–water partition coefficient (Wildman–Crippen LogP) is 2.36. The minimum atomic E-state index is -0.512. The van der Waals surface area contributed by atoms with Crippen LogP contribution in [-0.2, 0) is 0 Å². The van der Waals surface area contributed by atoms with E-state index in [4.69, 9.17) is 5.26 Å². The molecule has 0 aliphatic carbocycles. The third kappa shape index (κ3) is 3.23. The van der Waals surface area contributed by atoms with E-state index in [-0.39, 0.29) is 17.6 Å². The highest BCUT2D eigenvalue weighted by Gasteiger charge is 2.23. The van der Waals surface area contributed by atoms with Crippen molar-refractivity contribution in [2.75, 3.05) is 18.4 Å². The molecule has 2 amide bonds. The molecule has 0 aromatic heterocycles. The van der Waals surface area contributed by atoms with Crippen molar-refractivity contribution in [2.45, 2.75) is 12.8 Å². The number of nitriles is 1. The second kappa shape index (κ2) is 6.02. The first-order valence-electron chi connectivity index (χ1n) is 6.30. The second-order valence-electron chi connectivity index (χ2n) is 4.65. The van der Waals surface area contributed by atoms with E-state index in [1.54, 1.807) is 11.0 Å². The van der Waals surface area contributed by atoms with Crippen molar-refractivity contribution in [3.63, 3.8) is 0 Å². The van der Waals surface area contributed by atoms with Crippen molar-refractivity contribution >= 4 is 17.4 Å². The molecule has 1 aromatic carbocycles. The van der Waals surface area contributed by atoms with Gasteiger partial charge >= 0.3 is 6.03 Å². The van der Waals surface area contributed by atoms with Gasteiger partial charge in [-0.1, -0.05) is 6.07 Å². The lowest BCUT2D eigenvalue weighted by Gasteiger charge is -2.29. The molecule has 1 atom stereocenters. The molecule has 20 heavy (non-hydrogen) atoms. The maximum atomic E-state index is 12.0. The molecule has 1 aromatic rings. The van der Waals surface area contributed by atoms with E-state index in [1.165, 1.54) is 18.2 Å². The Bertz CT molecular complexity index is 567. The van der Waals surface area contributed by atoms with Crippen LogP contribution in [0.3, 0.4) is 0 Å². The number of hydrogen-bond donors (Lipinski definition) is 1. The van der Waals surface area contributed by atoms with Crippen LogP contribution in [0, 0.1) is 27.4 Å². The summed E-state index contributed by atoms with van der Waals surface area (Å²) in [6.45, 7) is 0.996. The van der Waals surface area contributed by atoms with E-state index >= 15 is 0 Å². The van der Waals surface area contributed by atoms with Crippen LogP contribution < -0.4 is 5.32 Å². The highest BCUT2D eigenvalue weighted by atomic mass is 16.6. The van der Waals surface area contributed by atoms with Crippen LogP contribution in [-0.4, -0.2) is 28.9 Å². The molecular formula is C13H14N4O3. The fraction of sp³-hybridized carbons (Fsp3) is 0.385. The van der Waals surface area contributed by atoms with Gasteiger partial charge in [0.2, 0.25) is 0 Å². The number of rotatable bonds is 2. The van der Waals surface area contributed by atoms with E-state index in [0.29, 0.717) is 18.8 Å². The van der Waals surface area contributed by atoms with Gasteiger partial charge in [-0.05, 0) is 18.9 Å². The zero-order valence-corrected chi connectivity index (χ0v) is 10.8. The van der Waals surface area contributed by atoms with Crippen LogP contribution in [0.25, 0.3) is 0 Å².